The lowest BCUT2D eigenvalue weighted by Crippen LogP contribution is -2.30. The zero-order valence-corrected chi connectivity index (χ0v) is 10.8. The number of rotatable bonds is 5. The van der Waals surface area contributed by atoms with Gasteiger partial charge in [0, 0.05) is 6.61 Å². The van der Waals surface area contributed by atoms with Gasteiger partial charge in [-0.1, -0.05) is 30.7 Å². The molecule has 1 unspecified atom stereocenters. The molecule has 0 bridgehead atoms. The van der Waals surface area contributed by atoms with E-state index in [-0.39, 0.29) is 0 Å². The molecule has 2 rings (SSSR count). The van der Waals surface area contributed by atoms with Crippen LogP contribution in [0.5, 0.6) is 0 Å². The minimum atomic E-state index is -0.873. The molecule has 1 atom stereocenters. The van der Waals surface area contributed by atoms with Crippen LogP contribution in [0.2, 0.25) is 0 Å². The van der Waals surface area contributed by atoms with Crippen molar-refractivity contribution < 1.29 is 9.84 Å². The van der Waals surface area contributed by atoms with E-state index < -0.39 is 5.60 Å². The normalized spacial score (nSPS) is 19.7. The van der Waals surface area contributed by atoms with Crippen LogP contribution < -0.4 is 0 Å². The van der Waals surface area contributed by atoms with Crippen LogP contribution in [0.15, 0.2) is 24.3 Å². The zero-order chi connectivity index (χ0) is 12.3. The van der Waals surface area contributed by atoms with Gasteiger partial charge in [-0.2, -0.15) is 0 Å². The lowest BCUT2D eigenvalue weighted by Gasteiger charge is -2.33. The lowest BCUT2D eigenvalue weighted by molar-refractivity contribution is -0.0352. The molecule has 0 saturated heterocycles. The summed E-state index contributed by atoms with van der Waals surface area (Å²) in [6.45, 7) is 4.81. The Kier molecular flexibility index (Phi) is 3.85. The van der Waals surface area contributed by atoms with Crippen molar-refractivity contribution in [2.75, 3.05) is 13.2 Å². The predicted octanol–water partition coefficient (Wildman–Crippen LogP) is 3.20. The van der Waals surface area contributed by atoms with Gasteiger partial charge in [0.1, 0.15) is 5.60 Å². The number of aliphatic hydroxyl groups is 1. The third-order valence-electron chi connectivity index (χ3n) is 3.67. The van der Waals surface area contributed by atoms with E-state index in [9.17, 15) is 5.11 Å². The van der Waals surface area contributed by atoms with E-state index in [0.29, 0.717) is 19.1 Å². The maximum absolute atomic E-state index is 10.5. The van der Waals surface area contributed by atoms with Crippen molar-refractivity contribution in [2.24, 2.45) is 0 Å². The highest BCUT2D eigenvalue weighted by Gasteiger charge is 2.30. The van der Waals surface area contributed by atoms with Crippen LogP contribution in [0.1, 0.15) is 50.2 Å². The summed E-state index contributed by atoms with van der Waals surface area (Å²) in [5.74, 6) is 0.638. The van der Waals surface area contributed by atoms with Gasteiger partial charge in [0.15, 0.2) is 0 Å². The number of hydrogen-bond donors (Lipinski definition) is 1. The third-order valence-corrected chi connectivity index (χ3v) is 3.67. The molecule has 1 aliphatic carbocycles. The Labute approximate surface area is 104 Å². The molecule has 0 radical (unpaired) electrons. The summed E-state index contributed by atoms with van der Waals surface area (Å²) >= 11 is 0. The van der Waals surface area contributed by atoms with Gasteiger partial charge in [-0.15, -0.1) is 0 Å². The summed E-state index contributed by atoms with van der Waals surface area (Å²) in [4.78, 5) is 0. The zero-order valence-electron chi connectivity index (χ0n) is 10.8. The van der Waals surface area contributed by atoms with Crippen molar-refractivity contribution in [3.8, 4) is 0 Å². The van der Waals surface area contributed by atoms with Crippen molar-refractivity contribution in [1.29, 1.82) is 0 Å². The molecule has 0 aliphatic heterocycles. The molecule has 1 N–H and O–H groups in total. The standard InChI is InChI=1S/C15H22O2/c1-3-17-11-15(2,16)14-10-5-4-9-13(14)12-7-6-8-12/h4-5,9-10,12,16H,3,6-8,11H2,1-2H3. The molecule has 2 nitrogen and oxygen atoms in total. The minimum absolute atomic E-state index is 0.368. The molecular formula is C15H22O2. The molecule has 0 spiro atoms. The number of hydrogen-bond acceptors (Lipinski definition) is 2. The van der Waals surface area contributed by atoms with E-state index in [1.807, 2.05) is 26.0 Å². The van der Waals surface area contributed by atoms with Crippen LogP contribution in [0, 0.1) is 0 Å². The van der Waals surface area contributed by atoms with Crippen molar-refractivity contribution in [3.05, 3.63) is 35.4 Å². The highest BCUT2D eigenvalue weighted by molar-refractivity contribution is 5.35. The molecule has 0 amide bonds. The summed E-state index contributed by atoms with van der Waals surface area (Å²) in [7, 11) is 0. The topological polar surface area (TPSA) is 29.5 Å². The van der Waals surface area contributed by atoms with Crippen LogP contribution in [0.3, 0.4) is 0 Å². The largest absolute Gasteiger partial charge is 0.383 e. The van der Waals surface area contributed by atoms with Crippen LogP contribution in [-0.2, 0) is 10.3 Å². The summed E-state index contributed by atoms with van der Waals surface area (Å²) < 4.78 is 5.39. The second-order valence-electron chi connectivity index (χ2n) is 5.13. The van der Waals surface area contributed by atoms with Gasteiger partial charge in [0.25, 0.3) is 0 Å². The fraction of sp³-hybridized carbons (Fsp3) is 0.600. The van der Waals surface area contributed by atoms with Crippen LogP contribution in [0.4, 0.5) is 0 Å². The molecule has 2 heteroatoms. The molecular weight excluding hydrogens is 212 g/mol. The first kappa shape index (κ1) is 12.6. The first-order valence-corrected chi connectivity index (χ1v) is 6.54. The molecule has 1 saturated carbocycles. The first-order valence-electron chi connectivity index (χ1n) is 6.54. The first-order chi connectivity index (χ1) is 8.15. The Morgan fingerprint density at radius 2 is 2.06 bits per heavy atom. The van der Waals surface area contributed by atoms with E-state index in [0.717, 1.165) is 5.56 Å². The summed E-state index contributed by atoms with van der Waals surface area (Å²) in [6.07, 6.45) is 3.82. The average Bonchev–Trinajstić information content (AvgIpc) is 2.25. The molecule has 1 aromatic carbocycles. The van der Waals surface area contributed by atoms with E-state index in [1.165, 1.54) is 24.8 Å². The highest BCUT2D eigenvalue weighted by atomic mass is 16.5. The van der Waals surface area contributed by atoms with Gasteiger partial charge in [-0.25, -0.2) is 0 Å². The predicted molar refractivity (Wildman–Crippen MR) is 69.1 cm³/mol. The fourth-order valence-electron chi connectivity index (χ4n) is 2.44. The van der Waals surface area contributed by atoms with Gasteiger partial charge < -0.3 is 9.84 Å². The second-order valence-corrected chi connectivity index (χ2v) is 5.13. The van der Waals surface area contributed by atoms with Crippen molar-refractivity contribution in [1.82, 2.24) is 0 Å². The van der Waals surface area contributed by atoms with E-state index in [2.05, 4.69) is 12.1 Å². The Morgan fingerprint density at radius 1 is 1.35 bits per heavy atom. The summed E-state index contributed by atoms with van der Waals surface area (Å²) in [5.41, 5.74) is 1.48. The van der Waals surface area contributed by atoms with Gasteiger partial charge in [-0.3, -0.25) is 0 Å². The van der Waals surface area contributed by atoms with Crippen LogP contribution >= 0.6 is 0 Å². The smallest absolute Gasteiger partial charge is 0.110 e. The van der Waals surface area contributed by atoms with Crippen LogP contribution in [-0.4, -0.2) is 18.3 Å². The number of ether oxygens (including phenoxy) is 1. The molecule has 17 heavy (non-hydrogen) atoms. The SMILES string of the molecule is CCOCC(C)(O)c1ccccc1C1CCC1. The molecule has 0 aromatic heterocycles. The summed E-state index contributed by atoms with van der Waals surface area (Å²) in [6, 6.07) is 8.25. The minimum Gasteiger partial charge on any atom is -0.383 e. The molecule has 0 heterocycles. The van der Waals surface area contributed by atoms with E-state index in [4.69, 9.17) is 4.74 Å². The maximum Gasteiger partial charge on any atom is 0.110 e. The van der Waals surface area contributed by atoms with Crippen molar-refractivity contribution >= 4 is 0 Å². The maximum atomic E-state index is 10.5. The van der Waals surface area contributed by atoms with Gasteiger partial charge in [-0.05, 0) is 43.7 Å². The lowest BCUT2D eigenvalue weighted by atomic mass is 9.75. The van der Waals surface area contributed by atoms with Gasteiger partial charge in [0.2, 0.25) is 0 Å². The van der Waals surface area contributed by atoms with E-state index in [1.54, 1.807) is 0 Å². The Balaban J connectivity index is 2.23. The Hall–Kier alpha value is -0.860. The van der Waals surface area contributed by atoms with Crippen LogP contribution in [0.25, 0.3) is 0 Å². The number of benzene rings is 1. The Bertz CT molecular complexity index is 367. The van der Waals surface area contributed by atoms with Gasteiger partial charge >= 0.3 is 0 Å². The summed E-state index contributed by atoms with van der Waals surface area (Å²) in [5, 5.41) is 10.5. The molecule has 94 valence electrons. The van der Waals surface area contributed by atoms with Crippen molar-refractivity contribution in [3.63, 3.8) is 0 Å². The second kappa shape index (κ2) is 5.19. The molecule has 1 fully saturated rings. The monoisotopic (exact) mass is 234 g/mol. The highest BCUT2D eigenvalue weighted by Crippen LogP contribution is 2.40. The van der Waals surface area contributed by atoms with Gasteiger partial charge in [0.05, 0.1) is 6.61 Å². The molecule has 1 aliphatic rings. The third kappa shape index (κ3) is 2.70. The van der Waals surface area contributed by atoms with Crippen molar-refractivity contribution in [2.45, 2.75) is 44.6 Å². The van der Waals surface area contributed by atoms with E-state index >= 15 is 0 Å². The fourth-order valence-corrected chi connectivity index (χ4v) is 2.44. The average molecular weight is 234 g/mol. The quantitative estimate of drug-likeness (QED) is 0.847. The Morgan fingerprint density at radius 3 is 2.65 bits per heavy atom. The molecule has 1 aromatic rings.